The summed E-state index contributed by atoms with van der Waals surface area (Å²) in [5.41, 5.74) is -0.220. The molecule has 2 N–H and O–H groups in total. The van der Waals surface area contributed by atoms with Crippen LogP contribution in [-0.4, -0.2) is 42.8 Å². The van der Waals surface area contributed by atoms with E-state index in [4.69, 9.17) is 4.74 Å². The van der Waals surface area contributed by atoms with E-state index >= 15 is 0 Å². The second-order valence-corrected chi connectivity index (χ2v) is 5.98. The molecule has 6 heteroatoms. The number of aromatic amines is 1. The minimum absolute atomic E-state index is 0.220. The van der Waals surface area contributed by atoms with Crippen LogP contribution in [0.3, 0.4) is 0 Å². The topological polar surface area (TPSA) is 70.2 Å². The van der Waals surface area contributed by atoms with Gasteiger partial charge in [0.25, 0.3) is 5.56 Å². The summed E-state index contributed by atoms with van der Waals surface area (Å²) in [5.74, 6) is 1.61. The van der Waals surface area contributed by atoms with Crippen LogP contribution < -0.4 is 20.5 Å². The minimum Gasteiger partial charge on any atom is -0.489 e. The molecule has 0 amide bonds. The first-order valence-electron chi connectivity index (χ1n) is 7.72. The molecular weight excluding hydrogens is 268 g/mol. The zero-order valence-corrected chi connectivity index (χ0v) is 13.2. The van der Waals surface area contributed by atoms with Crippen molar-refractivity contribution in [3.8, 4) is 5.75 Å². The number of hydrogen-bond acceptors (Lipinski definition) is 5. The fourth-order valence-electron chi connectivity index (χ4n) is 2.80. The summed E-state index contributed by atoms with van der Waals surface area (Å²) in [7, 11) is 1.52. The van der Waals surface area contributed by atoms with E-state index in [1.54, 1.807) is 0 Å². The highest BCUT2D eigenvalue weighted by Gasteiger charge is 2.26. The Bertz CT molecular complexity index is 501. The van der Waals surface area contributed by atoms with E-state index < -0.39 is 0 Å². The van der Waals surface area contributed by atoms with Crippen LogP contribution in [0.4, 0.5) is 5.82 Å². The number of hydrogen-bond donors (Lipinski definition) is 2. The summed E-state index contributed by atoms with van der Waals surface area (Å²) in [6.07, 6.45) is 4.91. The Morgan fingerprint density at radius 3 is 3.05 bits per heavy atom. The minimum atomic E-state index is -0.220. The fourth-order valence-corrected chi connectivity index (χ4v) is 2.80. The van der Waals surface area contributed by atoms with Gasteiger partial charge in [0, 0.05) is 19.1 Å². The van der Waals surface area contributed by atoms with Crippen LogP contribution in [-0.2, 0) is 0 Å². The lowest BCUT2D eigenvalue weighted by molar-refractivity contribution is 0.388. The van der Waals surface area contributed by atoms with Gasteiger partial charge in [-0.1, -0.05) is 13.8 Å². The molecule has 0 saturated carbocycles. The Hall–Kier alpha value is -1.56. The monoisotopic (exact) mass is 294 g/mol. The maximum Gasteiger partial charge on any atom is 0.295 e. The molecule has 118 valence electrons. The maximum atomic E-state index is 11.9. The van der Waals surface area contributed by atoms with Crippen molar-refractivity contribution in [2.75, 3.05) is 31.6 Å². The van der Waals surface area contributed by atoms with Crippen LogP contribution in [0, 0.1) is 5.92 Å². The molecule has 0 aliphatic carbocycles. The smallest absolute Gasteiger partial charge is 0.295 e. The molecule has 0 bridgehead atoms. The first kappa shape index (κ1) is 15.8. The Morgan fingerprint density at radius 2 is 2.33 bits per heavy atom. The van der Waals surface area contributed by atoms with Crippen LogP contribution in [0.1, 0.15) is 33.1 Å². The van der Waals surface area contributed by atoms with Crippen LogP contribution in [0.25, 0.3) is 0 Å². The molecule has 0 aromatic carbocycles. The van der Waals surface area contributed by atoms with Gasteiger partial charge in [-0.2, -0.15) is 0 Å². The van der Waals surface area contributed by atoms with Crippen molar-refractivity contribution in [2.45, 2.75) is 39.2 Å². The second kappa shape index (κ2) is 7.45. The van der Waals surface area contributed by atoms with E-state index in [-0.39, 0.29) is 5.56 Å². The summed E-state index contributed by atoms with van der Waals surface area (Å²) >= 11 is 0. The number of methoxy groups -OCH3 is 1. The number of ether oxygens (including phenoxy) is 1. The second-order valence-electron chi connectivity index (χ2n) is 5.98. The summed E-state index contributed by atoms with van der Waals surface area (Å²) in [5, 5.41) is 3.51. The van der Waals surface area contributed by atoms with E-state index in [9.17, 15) is 4.79 Å². The van der Waals surface area contributed by atoms with Crippen LogP contribution in [0.15, 0.2) is 11.1 Å². The zero-order valence-electron chi connectivity index (χ0n) is 13.2. The normalized spacial score (nSPS) is 19.0. The number of nitrogens with zero attached hydrogens (tertiary/aromatic N) is 2. The quantitative estimate of drug-likeness (QED) is 0.829. The maximum absolute atomic E-state index is 11.9. The van der Waals surface area contributed by atoms with Gasteiger partial charge >= 0.3 is 0 Å². The van der Waals surface area contributed by atoms with E-state index in [0.717, 1.165) is 32.5 Å². The van der Waals surface area contributed by atoms with Crippen molar-refractivity contribution < 1.29 is 4.74 Å². The van der Waals surface area contributed by atoms with Crippen LogP contribution in [0.5, 0.6) is 5.75 Å². The molecule has 0 radical (unpaired) electrons. The van der Waals surface area contributed by atoms with Gasteiger partial charge in [-0.25, -0.2) is 4.98 Å². The molecule has 21 heavy (non-hydrogen) atoms. The first-order chi connectivity index (χ1) is 10.1. The molecule has 1 aromatic rings. The van der Waals surface area contributed by atoms with Gasteiger partial charge in [0.15, 0.2) is 5.82 Å². The Morgan fingerprint density at radius 1 is 1.52 bits per heavy atom. The number of piperidine rings is 1. The van der Waals surface area contributed by atoms with E-state index in [1.807, 2.05) is 0 Å². The largest absolute Gasteiger partial charge is 0.489 e. The van der Waals surface area contributed by atoms with Gasteiger partial charge < -0.3 is 19.9 Å². The number of aromatic nitrogens is 2. The van der Waals surface area contributed by atoms with Crippen molar-refractivity contribution in [1.82, 2.24) is 15.3 Å². The predicted octanol–water partition coefficient (Wildman–Crippen LogP) is 1.38. The summed E-state index contributed by atoms with van der Waals surface area (Å²) in [6, 6.07) is 0.362. The molecule has 1 unspecified atom stereocenters. The molecule has 1 aliphatic heterocycles. The number of rotatable bonds is 6. The SMILES string of the molecule is COc1c(N2CCCCC2CNCC(C)C)nc[nH]c1=O. The van der Waals surface area contributed by atoms with Gasteiger partial charge in [0.1, 0.15) is 0 Å². The van der Waals surface area contributed by atoms with Crippen LogP contribution >= 0.6 is 0 Å². The molecule has 1 atom stereocenters. The molecule has 1 aliphatic rings. The van der Waals surface area contributed by atoms with Crippen molar-refractivity contribution >= 4 is 5.82 Å². The molecule has 0 spiro atoms. The standard InChI is InChI=1S/C15H26N4O2/c1-11(2)8-16-9-12-6-4-5-7-19(12)14-13(21-3)15(20)18-10-17-14/h10-12,16H,4-9H2,1-3H3,(H,17,18,20). The number of H-pyrrole nitrogens is 1. The van der Waals surface area contributed by atoms with Crippen molar-refractivity contribution in [3.05, 3.63) is 16.7 Å². The van der Waals surface area contributed by atoms with E-state index in [0.29, 0.717) is 23.5 Å². The Kier molecular flexibility index (Phi) is 5.61. The third-order valence-electron chi connectivity index (χ3n) is 3.83. The van der Waals surface area contributed by atoms with Crippen LogP contribution in [0.2, 0.25) is 0 Å². The van der Waals surface area contributed by atoms with Gasteiger partial charge in [-0.05, 0) is 31.7 Å². The lowest BCUT2D eigenvalue weighted by Gasteiger charge is -2.37. The molecule has 2 heterocycles. The molecular formula is C15H26N4O2. The molecule has 1 saturated heterocycles. The average molecular weight is 294 g/mol. The Balaban J connectivity index is 2.15. The van der Waals surface area contributed by atoms with Gasteiger partial charge in [0.2, 0.25) is 5.75 Å². The molecule has 1 fully saturated rings. The third-order valence-corrected chi connectivity index (χ3v) is 3.83. The summed E-state index contributed by atoms with van der Waals surface area (Å²) in [6.45, 7) is 7.24. The van der Waals surface area contributed by atoms with E-state index in [1.165, 1.54) is 19.9 Å². The van der Waals surface area contributed by atoms with Crippen molar-refractivity contribution in [3.63, 3.8) is 0 Å². The van der Waals surface area contributed by atoms with Gasteiger partial charge in [-0.15, -0.1) is 0 Å². The number of anilines is 1. The third kappa shape index (κ3) is 3.97. The Labute approximate surface area is 125 Å². The molecule has 6 nitrogen and oxygen atoms in total. The zero-order chi connectivity index (χ0) is 15.2. The highest BCUT2D eigenvalue weighted by molar-refractivity contribution is 5.52. The van der Waals surface area contributed by atoms with Crippen molar-refractivity contribution in [1.29, 1.82) is 0 Å². The number of nitrogens with one attached hydrogen (secondary N) is 2. The van der Waals surface area contributed by atoms with Crippen molar-refractivity contribution in [2.24, 2.45) is 5.92 Å². The average Bonchev–Trinajstić information content (AvgIpc) is 2.47. The lowest BCUT2D eigenvalue weighted by Crippen LogP contribution is -2.47. The molecule has 1 aromatic heterocycles. The van der Waals surface area contributed by atoms with Gasteiger partial charge in [-0.3, -0.25) is 4.79 Å². The summed E-state index contributed by atoms with van der Waals surface area (Å²) < 4.78 is 5.25. The predicted molar refractivity (Wildman–Crippen MR) is 84.1 cm³/mol. The fraction of sp³-hybridized carbons (Fsp3) is 0.733. The summed E-state index contributed by atoms with van der Waals surface area (Å²) in [4.78, 5) is 21.0. The lowest BCUT2D eigenvalue weighted by atomic mass is 10.0. The highest BCUT2D eigenvalue weighted by atomic mass is 16.5. The molecule has 2 rings (SSSR count). The highest BCUT2D eigenvalue weighted by Crippen LogP contribution is 2.27. The van der Waals surface area contributed by atoms with E-state index in [2.05, 4.69) is 34.0 Å². The first-order valence-corrected chi connectivity index (χ1v) is 7.72. The van der Waals surface area contributed by atoms with Gasteiger partial charge in [0.05, 0.1) is 13.4 Å².